The van der Waals surface area contributed by atoms with Gasteiger partial charge in [0.05, 0.1) is 5.92 Å². The number of carboxylic acid groups (broad SMARTS) is 1. The lowest BCUT2D eigenvalue weighted by molar-refractivity contribution is -0.142. The number of ether oxygens (including phenoxy) is 1. The van der Waals surface area contributed by atoms with Gasteiger partial charge in [0, 0.05) is 12.0 Å². The number of carboxylic acids is 1. The van der Waals surface area contributed by atoms with Crippen LogP contribution in [0.5, 0.6) is 0 Å². The van der Waals surface area contributed by atoms with E-state index in [1.165, 1.54) is 0 Å². The standard InChI is InChI=1S/C26H30N2O5/c1-15(2)23(24(29)27-22-13-7-12-20(22)25(30)31)28-26(32)33-14-21-18-10-5-3-8-16(18)17-9-4-6-11-19(17)21/h3-6,8-11,15,20-23H,7,12-14H2,1-2H3,(H,27,29)(H,28,32)(H,30,31)/t20-,22+,23+/m1/s1. The molecule has 7 nitrogen and oxygen atoms in total. The molecule has 2 aliphatic rings. The largest absolute Gasteiger partial charge is 0.481 e. The number of alkyl carbamates (subject to hydrolysis) is 1. The SMILES string of the molecule is CC(C)[C@H](NC(=O)OCC1c2ccccc2-c2ccccc21)C(=O)N[C@H]1CCC[C@H]1C(=O)O. The normalized spacial score (nSPS) is 20.1. The molecule has 174 valence electrons. The number of carbonyl (C=O) groups excluding carboxylic acids is 2. The van der Waals surface area contributed by atoms with Crippen molar-refractivity contribution in [1.29, 1.82) is 0 Å². The molecule has 0 spiro atoms. The Morgan fingerprint density at radius 3 is 2.18 bits per heavy atom. The van der Waals surface area contributed by atoms with E-state index in [1.54, 1.807) is 0 Å². The van der Waals surface area contributed by atoms with E-state index in [0.29, 0.717) is 12.8 Å². The van der Waals surface area contributed by atoms with Crippen molar-refractivity contribution >= 4 is 18.0 Å². The number of rotatable bonds is 7. The number of benzene rings is 2. The number of hydrogen-bond acceptors (Lipinski definition) is 4. The van der Waals surface area contributed by atoms with Crippen molar-refractivity contribution < 1.29 is 24.2 Å². The van der Waals surface area contributed by atoms with Gasteiger partial charge in [0.15, 0.2) is 0 Å². The van der Waals surface area contributed by atoms with Gasteiger partial charge in [-0.15, -0.1) is 0 Å². The van der Waals surface area contributed by atoms with Crippen molar-refractivity contribution in [1.82, 2.24) is 10.6 Å². The van der Waals surface area contributed by atoms with Crippen molar-refractivity contribution in [2.75, 3.05) is 6.61 Å². The van der Waals surface area contributed by atoms with E-state index in [-0.39, 0.29) is 24.3 Å². The summed E-state index contributed by atoms with van der Waals surface area (Å²) in [6, 6.07) is 15.0. The molecular formula is C26H30N2O5. The Morgan fingerprint density at radius 2 is 1.61 bits per heavy atom. The van der Waals surface area contributed by atoms with Crippen LogP contribution >= 0.6 is 0 Å². The van der Waals surface area contributed by atoms with Crippen LogP contribution in [0.25, 0.3) is 11.1 Å². The summed E-state index contributed by atoms with van der Waals surface area (Å²) in [6.45, 7) is 3.82. The van der Waals surface area contributed by atoms with Gasteiger partial charge in [-0.2, -0.15) is 0 Å². The fourth-order valence-electron chi connectivity index (χ4n) is 5.00. The Labute approximate surface area is 193 Å². The average molecular weight is 451 g/mol. The van der Waals surface area contributed by atoms with E-state index in [4.69, 9.17) is 4.74 Å². The van der Waals surface area contributed by atoms with E-state index >= 15 is 0 Å². The molecule has 1 fully saturated rings. The predicted octanol–water partition coefficient (Wildman–Crippen LogP) is 3.92. The third-order valence-corrected chi connectivity index (χ3v) is 6.73. The predicted molar refractivity (Wildman–Crippen MR) is 124 cm³/mol. The molecule has 3 atom stereocenters. The number of fused-ring (bicyclic) bond motifs is 3. The second-order valence-corrected chi connectivity index (χ2v) is 9.18. The molecule has 0 aliphatic heterocycles. The van der Waals surface area contributed by atoms with Gasteiger partial charge >= 0.3 is 12.1 Å². The summed E-state index contributed by atoms with van der Waals surface area (Å²) in [6.07, 6.45) is 1.27. The molecule has 4 rings (SSSR count). The lowest BCUT2D eigenvalue weighted by Crippen LogP contribution is -2.53. The van der Waals surface area contributed by atoms with Crippen molar-refractivity contribution in [3.63, 3.8) is 0 Å². The molecule has 2 aromatic rings. The highest BCUT2D eigenvalue weighted by atomic mass is 16.5. The highest BCUT2D eigenvalue weighted by molar-refractivity contribution is 5.87. The molecule has 1 saturated carbocycles. The van der Waals surface area contributed by atoms with Crippen molar-refractivity contribution in [2.45, 2.75) is 51.1 Å². The minimum Gasteiger partial charge on any atom is -0.481 e. The van der Waals surface area contributed by atoms with Crippen LogP contribution in [0, 0.1) is 11.8 Å². The maximum Gasteiger partial charge on any atom is 0.407 e. The topological polar surface area (TPSA) is 105 Å². The van der Waals surface area contributed by atoms with Crippen LogP contribution in [-0.2, 0) is 14.3 Å². The van der Waals surface area contributed by atoms with Crippen molar-refractivity contribution in [2.24, 2.45) is 11.8 Å². The van der Waals surface area contributed by atoms with E-state index in [9.17, 15) is 19.5 Å². The Balaban J connectivity index is 1.39. The van der Waals surface area contributed by atoms with Crippen LogP contribution in [0.3, 0.4) is 0 Å². The highest BCUT2D eigenvalue weighted by Gasteiger charge is 2.36. The zero-order chi connectivity index (χ0) is 23.5. The van der Waals surface area contributed by atoms with Gasteiger partial charge in [0.25, 0.3) is 0 Å². The molecule has 0 aromatic heterocycles. The van der Waals surface area contributed by atoms with Crippen molar-refractivity contribution in [3.05, 3.63) is 59.7 Å². The Kier molecular flexibility index (Phi) is 6.67. The molecule has 0 heterocycles. The minimum atomic E-state index is -0.900. The van der Waals surface area contributed by atoms with E-state index in [1.807, 2.05) is 50.2 Å². The van der Waals surface area contributed by atoms with Crippen LogP contribution in [0.1, 0.15) is 50.2 Å². The Hall–Kier alpha value is -3.35. The molecule has 0 bridgehead atoms. The van der Waals surface area contributed by atoms with Gasteiger partial charge < -0.3 is 20.5 Å². The first-order valence-electron chi connectivity index (χ1n) is 11.5. The first-order valence-corrected chi connectivity index (χ1v) is 11.5. The van der Waals surface area contributed by atoms with Gasteiger partial charge in [-0.3, -0.25) is 9.59 Å². The Bertz CT molecular complexity index is 1000. The molecule has 0 radical (unpaired) electrons. The first kappa shape index (κ1) is 22.8. The summed E-state index contributed by atoms with van der Waals surface area (Å²) in [5, 5.41) is 14.9. The number of amides is 2. The third-order valence-electron chi connectivity index (χ3n) is 6.73. The molecule has 0 saturated heterocycles. The molecule has 7 heteroatoms. The molecule has 3 N–H and O–H groups in total. The third kappa shape index (κ3) is 4.72. The Morgan fingerprint density at radius 1 is 1.00 bits per heavy atom. The van der Waals surface area contributed by atoms with Crippen LogP contribution in [-0.4, -0.2) is 41.8 Å². The van der Waals surface area contributed by atoms with Gasteiger partial charge in [-0.25, -0.2) is 4.79 Å². The van der Waals surface area contributed by atoms with E-state index in [2.05, 4.69) is 22.8 Å². The summed E-state index contributed by atoms with van der Waals surface area (Å²) in [5.41, 5.74) is 4.52. The summed E-state index contributed by atoms with van der Waals surface area (Å²) in [4.78, 5) is 36.9. The molecule has 2 aliphatic carbocycles. The molecular weight excluding hydrogens is 420 g/mol. The second-order valence-electron chi connectivity index (χ2n) is 9.18. The average Bonchev–Trinajstić information content (AvgIpc) is 3.38. The molecule has 33 heavy (non-hydrogen) atoms. The second kappa shape index (κ2) is 9.65. The van der Waals surface area contributed by atoms with Crippen LogP contribution in [0.4, 0.5) is 4.79 Å². The van der Waals surface area contributed by atoms with Gasteiger partial charge in [0.1, 0.15) is 12.6 Å². The number of aliphatic carboxylic acids is 1. The van der Waals surface area contributed by atoms with Gasteiger partial charge in [-0.1, -0.05) is 68.8 Å². The lowest BCUT2D eigenvalue weighted by atomic mass is 9.98. The summed E-state index contributed by atoms with van der Waals surface area (Å²) >= 11 is 0. The van der Waals surface area contributed by atoms with E-state index in [0.717, 1.165) is 28.7 Å². The molecule has 0 unspecified atom stereocenters. The number of carbonyl (C=O) groups is 3. The number of hydrogen-bond donors (Lipinski definition) is 3. The van der Waals surface area contributed by atoms with Gasteiger partial charge in [-0.05, 0) is 41.0 Å². The maximum absolute atomic E-state index is 12.9. The fraction of sp³-hybridized carbons (Fsp3) is 0.423. The summed E-state index contributed by atoms with van der Waals surface area (Å²) in [5.74, 6) is -2.12. The van der Waals surface area contributed by atoms with E-state index < -0.39 is 30.1 Å². The zero-order valence-corrected chi connectivity index (χ0v) is 18.9. The zero-order valence-electron chi connectivity index (χ0n) is 18.9. The smallest absolute Gasteiger partial charge is 0.407 e. The minimum absolute atomic E-state index is 0.0655. The lowest BCUT2D eigenvalue weighted by Gasteiger charge is -2.25. The summed E-state index contributed by atoms with van der Waals surface area (Å²) < 4.78 is 5.58. The van der Waals surface area contributed by atoms with Crippen molar-refractivity contribution in [3.8, 4) is 11.1 Å². The highest BCUT2D eigenvalue weighted by Crippen LogP contribution is 2.44. The van der Waals surface area contributed by atoms with Crippen LogP contribution < -0.4 is 10.6 Å². The summed E-state index contributed by atoms with van der Waals surface area (Å²) in [7, 11) is 0. The maximum atomic E-state index is 12.9. The van der Waals surface area contributed by atoms with Crippen LogP contribution in [0.2, 0.25) is 0 Å². The fourth-order valence-corrected chi connectivity index (χ4v) is 5.00. The van der Waals surface area contributed by atoms with Crippen LogP contribution in [0.15, 0.2) is 48.5 Å². The monoisotopic (exact) mass is 450 g/mol. The molecule has 2 amide bonds. The number of nitrogens with one attached hydrogen (secondary N) is 2. The first-order chi connectivity index (χ1) is 15.9. The molecule has 2 aromatic carbocycles. The quantitative estimate of drug-likeness (QED) is 0.593. The van der Waals surface area contributed by atoms with Gasteiger partial charge in [0.2, 0.25) is 5.91 Å².